The summed E-state index contributed by atoms with van der Waals surface area (Å²) in [7, 11) is 0. The Hall–Kier alpha value is -0.940. The molecule has 5 heteroatoms. The quantitative estimate of drug-likeness (QED) is 0.513. The third kappa shape index (κ3) is 5.23. The molecule has 2 atom stereocenters. The number of carbonyl (C=O) groups is 2. The average molecular weight is 230 g/mol. The van der Waals surface area contributed by atoms with Gasteiger partial charge in [0.1, 0.15) is 12.1 Å². The number of hydrogen-bond acceptors (Lipinski definition) is 5. The van der Waals surface area contributed by atoms with E-state index in [0.29, 0.717) is 6.42 Å². The van der Waals surface area contributed by atoms with Crippen molar-refractivity contribution < 1.29 is 14.3 Å². The molecule has 0 fully saturated rings. The molecule has 0 bridgehead atoms. The van der Waals surface area contributed by atoms with Crippen LogP contribution < -0.4 is 11.5 Å². The van der Waals surface area contributed by atoms with E-state index in [0.717, 1.165) is 12.8 Å². The van der Waals surface area contributed by atoms with Gasteiger partial charge in [0.2, 0.25) is 0 Å². The lowest BCUT2D eigenvalue weighted by atomic mass is 10.1. The summed E-state index contributed by atoms with van der Waals surface area (Å²) in [4.78, 5) is 22.7. The predicted octanol–water partition coefficient (Wildman–Crippen LogP) is 0.557. The van der Waals surface area contributed by atoms with Crippen LogP contribution in [0.3, 0.4) is 0 Å². The van der Waals surface area contributed by atoms with Crippen molar-refractivity contribution in [2.24, 2.45) is 17.4 Å². The smallest absolute Gasteiger partial charge is 0.330 e. The van der Waals surface area contributed by atoms with Crippen molar-refractivity contribution in [1.82, 2.24) is 0 Å². The zero-order valence-electron chi connectivity index (χ0n) is 10.2. The molecule has 0 aromatic rings. The Morgan fingerprint density at radius 3 is 2.19 bits per heavy atom. The summed E-state index contributed by atoms with van der Waals surface area (Å²) >= 11 is 0. The van der Waals surface area contributed by atoms with Gasteiger partial charge in [-0.15, -0.1) is 0 Å². The lowest BCUT2D eigenvalue weighted by Gasteiger charge is -2.15. The molecule has 5 nitrogen and oxygen atoms in total. The van der Waals surface area contributed by atoms with Crippen LogP contribution in [0.1, 0.15) is 40.0 Å². The first-order chi connectivity index (χ1) is 7.40. The molecule has 4 N–H and O–H groups in total. The predicted molar refractivity (Wildman–Crippen MR) is 61.4 cm³/mol. The molecule has 0 radical (unpaired) electrons. The zero-order chi connectivity index (χ0) is 12.7. The van der Waals surface area contributed by atoms with E-state index in [1.54, 1.807) is 13.8 Å². The molecular weight excluding hydrogens is 208 g/mol. The fraction of sp³-hybridized carbons (Fsp3) is 0.818. The maximum atomic E-state index is 11.4. The lowest BCUT2D eigenvalue weighted by Crippen LogP contribution is -2.41. The number of rotatable bonds is 6. The summed E-state index contributed by atoms with van der Waals surface area (Å²) < 4.78 is 4.60. The van der Waals surface area contributed by atoms with Crippen LogP contribution in [0.4, 0.5) is 0 Å². The second-order valence-corrected chi connectivity index (χ2v) is 4.26. The third-order valence-corrected chi connectivity index (χ3v) is 2.36. The first kappa shape index (κ1) is 15.1. The van der Waals surface area contributed by atoms with Crippen molar-refractivity contribution in [3.05, 3.63) is 0 Å². The van der Waals surface area contributed by atoms with Crippen LogP contribution in [0, 0.1) is 5.92 Å². The Bertz CT molecular complexity index is 241. The molecule has 0 heterocycles. The van der Waals surface area contributed by atoms with Crippen molar-refractivity contribution in [3.8, 4) is 0 Å². The Morgan fingerprint density at radius 2 is 1.75 bits per heavy atom. The molecule has 16 heavy (non-hydrogen) atoms. The standard InChI is InChI=1S/C11H22N2O3/c1-4-5-6-8(12)10(14)16-11(15)9(13)7(2)3/h7-9H,4-6,12-13H2,1-3H3/t8-,9-/m0/s1. The summed E-state index contributed by atoms with van der Waals surface area (Å²) in [6, 6.07) is -1.51. The second-order valence-electron chi connectivity index (χ2n) is 4.26. The molecule has 0 aliphatic rings. The maximum Gasteiger partial charge on any atom is 0.330 e. The number of unbranched alkanes of at least 4 members (excludes halogenated alkanes) is 1. The van der Waals surface area contributed by atoms with Gasteiger partial charge >= 0.3 is 11.9 Å². The number of nitrogens with two attached hydrogens (primary N) is 2. The summed E-state index contributed by atoms with van der Waals surface area (Å²) in [5.74, 6) is -1.45. The number of ether oxygens (including phenoxy) is 1. The summed E-state index contributed by atoms with van der Waals surface area (Å²) in [6.07, 6.45) is 2.31. The number of esters is 2. The average Bonchev–Trinajstić information content (AvgIpc) is 2.24. The summed E-state index contributed by atoms with van der Waals surface area (Å²) in [6.45, 7) is 5.57. The van der Waals surface area contributed by atoms with Crippen molar-refractivity contribution in [2.45, 2.75) is 52.1 Å². The largest absolute Gasteiger partial charge is 0.391 e. The van der Waals surface area contributed by atoms with E-state index in [-0.39, 0.29) is 5.92 Å². The van der Waals surface area contributed by atoms with Gasteiger partial charge in [-0.2, -0.15) is 0 Å². The molecule has 0 saturated carbocycles. The van der Waals surface area contributed by atoms with E-state index >= 15 is 0 Å². The van der Waals surface area contributed by atoms with Crippen molar-refractivity contribution >= 4 is 11.9 Å². The molecule has 0 spiro atoms. The summed E-state index contributed by atoms with van der Waals surface area (Å²) in [5, 5.41) is 0. The van der Waals surface area contributed by atoms with Gasteiger partial charge in [-0.3, -0.25) is 0 Å². The van der Waals surface area contributed by atoms with E-state index in [4.69, 9.17) is 11.5 Å². The monoisotopic (exact) mass is 230 g/mol. The van der Waals surface area contributed by atoms with E-state index < -0.39 is 24.0 Å². The molecule has 0 aliphatic heterocycles. The number of carbonyl (C=O) groups excluding carboxylic acids is 2. The topological polar surface area (TPSA) is 95.4 Å². The Labute approximate surface area is 96.5 Å². The van der Waals surface area contributed by atoms with E-state index in [1.807, 2.05) is 6.92 Å². The molecular formula is C11H22N2O3. The highest BCUT2D eigenvalue weighted by Crippen LogP contribution is 2.04. The lowest BCUT2D eigenvalue weighted by molar-refractivity contribution is -0.162. The minimum absolute atomic E-state index is 0.0628. The minimum Gasteiger partial charge on any atom is -0.391 e. The molecule has 0 unspecified atom stereocenters. The van der Waals surface area contributed by atoms with Crippen LogP contribution >= 0.6 is 0 Å². The Morgan fingerprint density at radius 1 is 1.19 bits per heavy atom. The molecule has 0 amide bonds. The van der Waals surface area contributed by atoms with Gasteiger partial charge in [-0.05, 0) is 12.3 Å². The highest BCUT2D eigenvalue weighted by atomic mass is 16.6. The van der Waals surface area contributed by atoms with Gasteiger partial charge in [0.05, 0.1) is 0 Å². The fourth-order valence-electron chi connectivity index (χ4n) is 1.06. The van der Waals surface area contributed by atoms with Gasteiger partial charge in [0.25, 0.3) is 0 Å². The fourth-order valence-corrected chi connectivity index (χ4v) is 1.06. The number of hydrogen-bond donors (Lipinski definition) is 2. The third-order valence-electron chi connectivity index (χ3n) is 2.36. The van der Waals surface area contributed by atoms with E-state index in [9.17, 15) is 9.59 Å². The molecule has 0 saturated heterocycles. The summed E-state index contributed by atoms with van der Waals surface area (Å²) in [5.41, 5.74) is 11.1. The van der Waals surface area contributed by atoms with Gasteiger partial charge in [0.15, 0.2) is 0 Å². The molecule has 0 aliphatic carbocycles. The van der Waals surface area contributed by atoms with Crippen LogP contribution in [-0.2, 0) is 14.3 Å². The molecule has 0 rings (SSSR count). The Balaban J connectivity index is 4.08. The van der Waals surface area contributed by atoms with Crippen LogP contribution in [0.15, 0.2) is 0 Å². The normalized spacial score (nSPS) is 14.6. The van der Waals surface area contributed by atoms with Gasteiger partial charge in [0, 0.05) is 0 Å². The minimum atomic E-state index is -0.776. The van der Waals surface area contributed by atoms with Gasteiger partial charge in [-0.1, -0.05) is 33.6 Å². The Kier molecular flexibility index (Phi) is 6.92. The highest BCUT2D eigenvalue weighted by Gasteiger charge is 2.24. The maximum absolute atomic E-state index is 11.4. The van der Waals surface area contributed by atoms with E-state index in [2.05, 4.69) is 4.74 Å². The van der Waals surface area contributed by atoms with Crippen LogP contribution in [0.2, 0.25) is 0 Å². The van der Waals surface area contributed by atoms with Gasteiger partial charge < -0.3 is 16.2 Å². The zero-order valence-corrected chi connectivity index (χ0v) is 10.2. The van der Waals surface area contributed by atoms with Crippen molar-refractivity contribution in [2.75, 3.05) is 0 Å². The van der Waals surface area contributed by atoms with E-state index in [1.165, 1.54) is 0 Å². The first-order valence-corrected chi connectivity index (χ1v) is 5.66. The molecule has 94 valence electrons. The first-order valence-electron chi connectivity index (χ1n) is 5.66. The van der Waals surface area contributed by atoms with Crippen LogP contribution in [0.25, 0.3) is 0 Å². The molecule has 0 aromatic carbocycles. The van der Waals surface area contributed by atoms with Crippen LogP contribution in [0.5, 0.6) is 0 Å². The van der Waals surface area contributed by atoms with Gasteiger partial charge in [-0.25, -0.2) is 9.59 Å². The molecule has 0 aromatic heterocycles. The SMILES string of the molecule is CCCC[C@H](N)C(=O)OC(=O)[C@@H](N)C(C)C. The highest BCUT2D eigenvalue weighted by molar-refractivity contribution is 5.90. The van der Waals surface area contributed by atoms with Crippen LogP contribution in [-0.4, -0.2) is 24.0 Å². The van der Waals surface area contributed by atoms with Crippen molar-refractivity contribution in [1.29, 1.82) is 0 Å². The second kappa shape index (κ2) is 7.35. The van der Waals surface area contributed by atoms with Crippen molar-refractivity contribution in [3.63, 3.8) is 0 Å².